The third kappa shape index (κ3) is 4.38. The molecule has 2 fully saturated rings. The van der Waals surface area contributed by atoms with Gasteiger partial charge < -0.3 is 19.3 Å². The molecule has 0 aromatic heterocycles. The molecule has 3 unspecified atom stereocenters. The first-order valence-corrected chi connectivity index (χ1v) is 10.8. The van der Waals surface area contributed by atoms with E-state index in [2.05, 4.69) is 5.32 Å². The Morgan fingerprint density at radius 1 is 1.15 bits per heavy atom. The van der Waals surface area contributed by atoms with Gasteiger partial charge in [-0.1, -0.05) is 30.3 Å². The third-order valence-electron chi connectivity index (χ3n) is 5.88. The summed E-state index contributed by atoms with van der Waals surface area (Å²) in [6, 6.07) is 3.92. The van der Waals surface area contributed by atoms with E-state index in [1.165, 1.54) is 15.9 Å². The van der Waals surface area contributed by atoms with E-state index in [9.17, 15) is 19.2 Å². The van der Waals surface area contributed by atoms with Crippen molar-refractivity contribution in [1.82, 2.24) is 15.1 Å². The molecule has 9 nitrogen and oxygen atoms in total. The summed E-state index contributed by atoms with van der Waals surface area (Å²) in [5, 5.41) is 2.24. The Morgan fingerprint density at radius 2 is 2.00 bits per heavy atom. The van der Waals surface area contributed by atoms with E-state index in [4.69, 9.17) is 16.3 Å². The van der Waals surface area contributed by atoms with Crippen molar-refractivity contribution in [2.24, 2.45) is 0 Å². The number of imide groups is 1. The minimum Gasteiger partial charge on any atom is -0.489 e. The van der Waals surface area contributed by atoms with E-state index in [1.54, 1.807) is 18.2 Å². The molecule has 5 rings (SSSR count). The SMILES string of the molecule is [2H]c1cc(C([2H])Oc2cccc3c2CN(C2CCC(=O)NC2=O)C3=O)c([2H])c([2H])c1C([2H])N1CCOCC1=O. The first kappa shape index (κ1) is 16.8. The predicted octanol–water partition coefficient (Wildman–Crippen LogP) is 1.39. The monoisotopic (exact) mass is 468 g/mol. The Hall–Kier alpha value is -3.72. The number of hydrogen-bond acceptors (Lipinski definition) is 6. The van der Waals surface area contributed by atoms with Gasteiger partial charge in [-0.15, -0.1) is 0 Å². The van der Waals surface area contributed by atoms with E-state index in [0.717, 1.165) is 0 Å². The highest BCUT2D eigenvalue weighted by Gasteiger charge is 2.40. The largest absolute Gasteiger partial charge is 0.489 e. The number of fused-ring (bicyclic) bond motifs is 1. The number of morpholine rings is 1. The Bertz CT molecular complexity index is 1390. The number of nitrogens with one attached hydrogen (secondary N) is 1. The molecule has 1 N–H and O–H groups in total. The first-order valence-electron chi connectivity index (χ1n) is 13.5. The van der Waals surface area contributed by atoms with Crippen LogP contribution in [0.25, 0.3) is 0 Å². The van der Waals surface area contributed by atoms with Gasteiger partial charge in [0.25, 0.3) is 5.91 Å². The molecule has 4 amide bonds. The number of carbonyl (C=O) groups is 4. The molecule has 176 valence electrons. The second-order valence-corrected chi connectivity index (χ2v) is 8.09. The van der Waals surface area contributed by atoms with Gasteiger partial charge in [-0.05, 0) is 29.7 Å². The van der Waals surface area contributed by atoms with Crippen LogP contribution in [-0.4, -0.2) is 59.2 Å². The molecule has 2 saturated heterocycles. The topological polar surface area (TPSA) is 105 Å². The predicted molar refractivity (Wildman–Crippen MR) is 119 cm³/mol. The quantitative estimate of drug-likeness (QED) is 0.643. The van der Waals surface area contributed by atoms with Gasteiger partial charge >= 0.3 is 0 Å². The van der Waals surface area contributed by atoms with Crippen LogP contribution in [0.3, 0.4) is 0 Å². The van der Waals surface area contributed by atoms with Gasteiger partial charge in [0.2, 0.25) is 17.7 Å². The van der Waals surface area contributed by atoms with Crippen molar-refractivity contribution in [3.8, 4) is 5.75 Å². The molecule has 34 heavy (non-hydrogen) atoms. The lowest BCUT2D eigenvalue weighted by molar-refractivity contribution is -0.143. The minimum absolute atomic E-state index is 0.0253. The molecule has 0 saturated carbocycles. The van der Waals surface area contributed by atoms with Crippen LogP contribution in [0.4, 0.5) is 0 Å². The highest BCUT2D eigenvalue weighted by Crippen LogP contribution is 2.34. The van der Waals surface area contributed by atoms with Crippen molar-refractivity contribution in [1.29, 1.82) is 0 Å². The number of benzene rings is 2. The van der Waals surface area contributed by atoms with Crippen LogP contribution in [-0.2, 0) is 38.8 Å². The average Bonchev–Trinajstić information content (AvgIpc) is 3.23. The average molecular weight is 469 g/mol. The molecule has 0 radical (unpaired) electrons. The fraction of sp³-hybridized carbons (Fsp3) is 0.360. The summed E-state index contributed by atoms with van der Waals surface area (Å²) in [5.74, 6) is -1.62. The van der Waals surface area contributed by atoms with Crippen molar-refractivity contribution in [3.05, 3.63) is 64.6 Å². The fourth-order valence-electron chi connectivity index (χ4n) is 4.12. The molecule has 0 aliphatic carbocycles. The third-order valence-corrected chi connectivity index (χ3v) is 5.88. The summed E-state index contributed by atoms with van der Waals surface area (Å²) in [6.45, 7) is -2.74. The number of hydrogen-bond donors (Lipinski definition) is 1. The first-order chi connectivity index (χ1) is 18.6. The maximum absolute atomic E-state index is 13.1. The molecule has 3 heterocycles. The lowest BCUT2D eigenvalue weighted by atomic mass is 10.0. The summed E-state index contributed by atoms with van der Waals surface area (Å²) in [6.07, 6.45) is 0.308. The smallest absolute Gasteiger partial charge is 0.255 e. The van der Waals surface area contributed by atoms with Crippen LogP contribution in [0.15, 0.2) is 42.4 Å². The molecule has 0 bridgehead atoms. The second kappa shape index (κ2) is 9.26. The van der Waals surface area contributed by atoms with E-state index in [0.29, 0.717) is 11.1 Å². The Morgan fingerprint density at radius 3 is 2.82 bits per heavy atom. The summed E-state index contributed by atoms with van der Waals surface area (Å²) in [5.41, 5.74) is 0.526. The summed E-state index contributed by atoms with van der Waals surface area (Å²) >= 11 is 0. The van der Waals surface area contributed by atoms with Gasteiger partial charge in [-0.3, -0.25) is 24.5 Å². The van der Waals surface area contributed by atoms with Crippen molar-refractivity contribution >= 4 is 23.6 Å². The number of nitrogens with zero attached hydrogens (tertiary/aromatic N) is 2. The zero-order valence-corrected chi connectivity index (χ0v) is 18.1. The van der Waals surface area contributed by atoms with Crippen LogP contribution >= 0.6 is 0 Å². The Labute approximate surface area is 203 Å². The van der Waals surface area contributed by atoms with Crippen molar-refractivity contribution in [2.75, 3.05) is 19.8 Å². The highest BCUT2D eigenvalue weighted by atomic mass is 16.5. The number of carbonyl (C=O) groups excluding carboxylic acids is 4. The summed E-state index contributed by atoms with van der Waals surface area (Å²) in [7, 11) is 0. The number of piperidine rings is 1. The van der Waals surface area contributed by atoms with Crippen molar-refractivity contribution in [3.63, 3.8) is 0 Å². The normalized spacial score (nSPS) is 24.4. The number of rotatable bonds is 6. The molecule has 3 atom stereocenters. The summed E-state index contributed by atoms with van der Waals surface area (Å²) < 4.78 is 53.2. The van der Waals surface area contributed by atoms with Crippen LogP contribution in [0, 0.1) is 0 Å². The zero-order valence-electron chi connectivity index (χ0n) is 23.1. The highest BCUT2D eigenvalue weighted by molar-refractivity contribution is 6.05. The van der Waals surface area contributed by atoms with Gasteiger partial charge in [0.1, 0.15) is 25.0 Å². The van der Waals surface area contributed by atoms with Crippen molar-refractivity contribution in [2.45, 2.75) is 38.5 Å². The maximum Gasteiger partial charge on any atom is 0.255 e. The fourth-order valence-corrected chi connectivity index (χ4v) is 4.12. The van der Waals surface area contributed by atoms with Gasteiger partial charge in [0.15, 0.2) is 0 Å². The molecule has 9 heteroatoms. The van der Waals surface area contributed by atoms with Gasteiger partial charge in [-0.2, -0.15) is 0 Å². The maximum atomic E-state index is 13.1. The molecule has 2 aromatic carbocycles. The molecule has 0 spiro atoms. The van der Waals surface area contributed by atoms with Crippen LogP contribution < -0.4 is 10.1 Å². The lowest BCUT2D eigenvalue weighted by Gasteiger charge is -2.29. The molecule has 3 aliphatic heterocycles. The number of ether oxygens (including phenoxy) is 2. The van der Waals surface area contributed by atoms with Gasteiger partial charge in [0, 0.05) is 30.6 Å². The second-order valence-electron chi connectivity index (χ2n) is 8.09. The zero-order chi connectivity index (χ0) is 28.0. The van der Waals surface area contributed by atoms with Crippen LogP contribution in [0.5, 0.6) is 5.75 Å². The van der Waals surface area contributed by atoms with Crippen molar-refractivity contribution < 1.29 is 35.5 Å². The Kier molecular flexibility index (Phi) is 4.58. The Balaban J connectivity index is 1.39. The van der Waals surface area contributed by atoms with Gasteiger partial charge in [-0.25, -0.2) is 0 Å². The standard InChI is InChI=1S/C25H25N3O6/c29-22-9-8-20(24(31)26-22)28-13-19-18(25(28)32)2-1-3-21(19)34-14-17-6-4-16(5-7-17)12-27-10-11-33-15-23(27)30/h1-7,20H,8-15H2,(H,26,29,31)/i4D,5D,6D,12D,14D. The van der Waals surface area contributed by atoms with Crippen LogP contribution in [0.2, 0.25) is 0 Å². The van der Waals surface area contributed by atoms with E-state index < -0.39 is 54.9 Å². The molecule has 3 aliphatic rings. The van der Waals surface area contributed by atoms with E-state index >= 15 is 0 Å². The molecular weight excluding hydrogens is 438 g/mol. The molecule has 2 aromatic rings. The lowest BCUT2D eigenvalue weighted by Crippen LogP contribution is -2.52. The summed E-state index contributed by atoms with van der Waals surface area (Å²) in [4.78, 5) is 51.6. The van der Waals surface area contributed by atoms with E-state index in [-0.39, 0.29) is 62.1 Å². The van der Waals surface area contributed by atoms with Gasteiger partial charge in [0.05, 0.1) is 20.0 Å². The number of amides is 4. The van der Waals surface area contributed by atoms with Crippen LogP contribution in [0.1, 0.15) is 46.7 Å². The van der Waals surface area contributed by atoms with E-state index in [1.807, 2.05) is 0 Å². The molecular formula is C25H25N3O6. The minimum atomic E-state index is -1.54.